The molecule has 186 valence electrons. The first-order valence-electron chi connectivity index (χ1n) is 11.4. The third kappa shape index (κ3) is 5.77. The summed E-state index contributed by atoms with van der Waals surface area (Å²) in [4.78, 5) is 39.2. The molecule has 3 amide bonds. The smallest absolute Gasteiger partial charge is 0.257 e. The molecule has 0 spiro atoms. The summed E-state index contributed by atoms with van der Waals surface area (Å²) < 4.78 is 30.7. The molecule has 2 heterocycles. The molecule has 0 unspecified atom stereocenters. The van der Waals surface area contributed by atoms with Crippen LogP contribution in [0.5, 0.6) is 5.75 Å². The van der Waals surface area contributed by atoms with Crippen LogP contribution in [0.25, 0.3) is 0 Å². The zero-order valence-corrected chi connectivity index (χ0v) is 19.6. The Morgan fingerprint density at radius 3 is 2.71 bits per heavy atom. The van der Waals surface area contributed by atoms with E-state index in [2.05, 4.69) is 10.6 Å². The average Bonchev–Trinajstić information content (AvgIpc) is 2.83. The van der Waals surface area contributed by atoms with Gasteiger partial charge in [0.25, 0.3) is 5.91 Å². The number of amides is 3. The molecule has 3 atom stereocenters. The minimum Gasteiger partial charge on any atom is -0.490 e. The number of carbonyl (C=O) groups is 3. The molecule has 9 nitrogen and oxygen atoms in total. The minimum absolute atomic E-state index is 0.0658. The van der Waals surface area contributed by atoms with Crippen LogP contribution in [0.1, 0.15) is 29.6 Å². The first kappa shape index (κ1) is 24.6. The van der Waals surface area contributed by atoms with E-state index in [0.717, 1.165) is 0 Å². The van der Waals surface area contributed by atoms with Gasteiger partial charge in [0.1, 0.15) is 30.9 Å². The number of hydrogen-bond donors (Lipinski definition) is 2. The highest BCUT2D eigenvalue weighted by Gasteiger charge is 2.39. The van der Waals surface area contributed by atoms with Crippen LogP contribution in [-0.4, -0.2) is 68.2 Å². The molecule has 2 N–H and O–H groups in total. The van der Waals surface area contributed by atoms with E-state index >= 15 is 0 Å². The molecule has 0 radical (unpaired) electrons. The Morgan fingerprint density at radius 1 is 1.14 bits per heavy atom. The number of fused-ring (bicyclic) bond motifs is 2. The second-order valence-electron chi connectivity index (χ2n) is 8.59. The monoisotopic (exact) mass is 485 g/mol. The van der Waals surface area contributed by atoms with Gasteiger partial charge in [0.05, 0.1) is 29.8 Å². The molecule has 2 aromatic rings. The minimum atomic E-state index is -0.501. The van der Waals surface area contributed by atoms with Crippen LogP contribution in [-0.2, 0) is 19.1 Å². The van der Waals surface area contributed by atoms with Gasteiger partial charge in [0.15, 0.2) is 0 Å². The molecule has 2 aliphatic rings. The summed E-state index contributed by atoms with van der Waals surface area (Å²) in [5.41, 5.74) is 0.932. The van der Waals surface area contributed by atoms with Crippen molar-refractivity contribution in [3.8, 4) is 5.75 Å². The van der Waals surface area contributed by atoms with Crippen LogP contribution < -0.4 is 15.4 Å². The maximum atomic E-state index is 13.8. The third-order valence-electron chi connectivity index (χ3n) is 6.13. The fraction of sp³-hybridized carbons (Fsp3) is 0.400. The van der Waals surface area contributed by atoms with Gasteiger partial charge in [0, 0.05) is 19.8 Å². The molecule has 0 aromatic heterocycles. The molecule has 35 heavy (non-hydrogen) atoms. The largest absolute Gasteiger partial charge is 0.490 e. The number of anilines is 2. The number of nitrogens with zero attached hydrogens (tertiary/aromatic N) is 1. The second-order valence-corrected chi connectivity index (χ2v) is 8.59. The SMILES string of the molecule is COCC(=O)Nc1ccc2c(c1)C(=O)N(C)[C@H]1CC[C@H](CC(=O)Nc3ccccc3F)O[C@@H]1CO2. The molecule has 1 fully saturated rings. The van der Waals surface area contributed by atoms with Crippen molar-refractivity contribution in [3.63, 3.8) is 0 Å². The van der Waals surface area contributed by atoms with Crippen molar-refractivity contribution in [2.24, 2.45) is 0 Å². The second kappa shape index (κ2) is 10.8. The number of methoxy groups -OCH3 is 1. The van der Waals surface area contributed by atoms with Gasteiger partial charge in [-0.15, -0.1) is 0 Å². The van der Waals surface area contributed by atoms with Crippen molar-refractivity contribution in [1.82, 2.24) is 4.90 Å². The first-order chi connectivity index (χ1) is 16.9. The molecule has 1 saturated heterocycles. The van der Waals surface area contributed by atoms with Crippen molar-refractivity contribution < 1.29 is 33.0 Å². The van der Waals surface area contributed by atoms with E-state index in [0.29, 0.717) is 29.8 Å². The summed E-state index contributed by atoms with van der Waals surface area (Å²) in [6, 6.07) is 10.6. The van der Waals surface area contributed by atoms with Crippen LogP contribution >= 0.6 is 0 Å². The van der Waals surface area contributed by atoms with E-state index in [-0.39, 0.29) is 55.2 Å². The molecule has 2 aromatic carbocycles. The molecular weight excluding hydrogens is 457 g/mol. The van der Waals surface area contributed by atoms with Gasteiger partial charge in [0.2, 0.25) is 11.8 Å². The number of hydrogen-bond acceptors (Lipinski definition) is 6. The van der Waals surface area contributed by atoms with Crippen molar-refractivity contribution in [2.75, 3.05) is 38.0 Å². The zero-order chi connectivity index (χ0) is 24.9. The van der Waals surface area contributed by atoms with Crippen LogP contribution in [0.2, 0.25) is 0 Å². The van der Waals surface area contributed by atoms with Crippen LogP contribution in [0, 0.1) is 5.82 Å². The van der Waals surface area contributed by atoms with E-state index in [9.17, 15) is 18.8 Å². The summed E-state index contributed by atoms with van der Waals surface area (Å²) in [7, 11) is 3.13. The number of halogens is 1. The van der Waals surface area contributed by atoms with Crippen LogP contribution in [0.15, 0.2) is 42.5 Å². The Labute approximate surface area is 202 Å². The quantitative estimate of drug-likeness (QED) is 0.652. The molecule has 0 saturated carbocycles. The summed E-state index contributed by atoms with van der Waals surface area (Å²) in [6.07, 6.45) is 0.429. The number of likely N-dealkylation sites (N-methyl/N-ethyl adjacent to an activating group) is 1. The van der Waals surface area contributed by atoms with Crippen molar-refractivity contribution in [3.05, 3.63) is 53.8 Å². The van der Waals surface area contributed by atoms with Crippen molar-refractivity contribution >= 4 is 29.1 Å². The third-order valence-corrected chi connectivity index (χ3v) is 6.13. The lowest BCUT2D eigenvalue weighted by Gasteiger charge is -2.42. The number of benzene rings is 2. The number of para-hydroxylation sites is 1. The summed E-state index contributed by atoms with van der Waals surface area (Å²) in [5.74, 6) is -1.04. The zero-order valence-electron chi connectivity index (χ0n) is 19.6. The predicted molar refractivity (Wildman–Crippen MR) is 126 cm³/mol. The van der Waals surface area contributed by atoms with Gasteiger partial charge in [-0.2, -0.15) is 0 Å². The fourth-order valence-corrected chi connectivity index (χ4v) is 4.40. The highest BCUT2D eigenvalue weighted by atomic mass is 19.1. The predicted octanol–water partition coefficient (Wildman–Crippen LogP) is 2.82. The van der Waals surface area contributed by atoms with Crippen molar-refractivity contribution in [1.29, 1.82) is 0 Å². The maximum Gasteiger partial charge on any atom is 0.257 e. The van der Waals surface area contributed by atoms with Crippen molar-refractivity contribution in [2.45, 2.75) is 37.5 Å². The summed E-state index contributed by atoms with van der Waals surface area (Å²) in [5, 5.41) is 5.27. The lowest BCUT2D eigenvalue weighted by molar-refractivity contribution is -0.130. The fourth-order valence-electron chi connectivity index (χ4n) is 4.40. The average molecular weight is 486 g/mol. The number of carbonyl (C=O) groups excluding carboxylic acids is 3. The van der Waals surface area contributed by atoms with Gasteiger partial charge in [-0.25, -0.2) is 4.39 Å². The van der Waals surface area contributed by atoms with E-state index in [1.807, 2.05) is 0 Å². The molecule has 0 aliphatic carbocycles. The van der Waals surface area contributed by atoms with E-state index < -0.39 is 11.9 Å². The standard InChI is InChI=1S/C25H28FN3O6/c1-29-20-9-8-16(12-23(30)28-19-6-4-3-5-18(19)26)35-22(20)13-34-21-10-7-15(11-17(21)25(29)32)27-24(31)14-33-2/h3-7,10-11,16,20,22H,8-9,12-14H2,1-2H3,(H,27,31)(H,28,30)/t16-,20+,22-/m1/s1. The Bertz CT molecular complexity index is 1110. The van der Waals surface area contributed by atoms with Gasteiger partial charge in [-0.1, -0.05) is 12.1 Å². The maximum absolute atomic E-state index is 13.8. The molecule has 10 heteroatoms. The molecule has 4 rings (SSSR count). The lowest BCUT2D eigenvalue weighted by Crippen LogP contribution is -2.53. The number of nitrogens with one attached hydrogen (secondary N) is 2. The highest BCUT2D eigenvalue weighted by Crippen LogP contribution is 2.32. The molecular formula is C25H28FN3O6. The van der Waals surface area contributed by atoms with E-state index in [1.54, 1.807) is 42.3 Å². The summed E-state index contributed by atoms with van der Waals surface area (Å²) >= 11 is 0. The Kier molecular flexibility index (Phi) is 7.62. The van der Waals surface area contributed by atoms with Crippen LogP contribution in [0.4, 0.5) is 15.8 Å². The number of rotatable bonds is 6. The Morgan fingerprint density at radius 2 is 1.94 bits per heavy atom. The van der Waals surface area contributed by atoms with E-state index in [4.69, 9.17) is 14.2 Å². The molecule has 2 aliphatic heterocycles. The van der Waals surface area contributed by atoms with Gasteiger partial charge >= 0.3 is 0 Å². The van der Waals surface area contributed by atoms with Crippen LogP contribution in [0.3, 0.4) is 0 Å². The van der Waals surface area contributed by atoms with Gasteiger partial charge in [-0.3, -0.25) is 14.4 Å². The Hall–Kier alpha value is -3.50. The normalized spacial score (nSPS) is 21.6. The molecule has 0 bridgehead atoms. The first-order valence-corrected chi connectivity index (χ1v) is 11.4. The topological polar surface area (TPSA) is 106 Å². The van der Waals surface area contributed by atoms with Gasteiger partial charge in [-0.05, 0) is 43.2 Å². The van der Waals surface area contributed by atoms with Gasteiger partial charge < -0.3 is 29.7 Å². The summed E-state index contributed by atoms with van der Waals surface area (Å²) in [6.45, 7) is 0.0953. The highest BCUT2D eigenvalue weighted by molar-refractivity contribution is 6.00. The lowest BCUT2D eigenvalue weighted by atomic mass is 9.94. The number of ether oxygens (including phenoxy) is 3. The van der Waals surface area contributed by atoms with E-state index in [1.165, 1.54) is 19.2 Å². The Balaban J connectivity index is 1.42.